The van der Waals surface area contributed by atoms with E-state index < -0.39 is 5.97 Å². The van der Waals surface area contributed by atoms with Crippen LogP contribution in [0, 0.1) is 5.92 Å². The van der Waals surface area contributed by atoms with E-state index in [1.165, 1.54) is 12.8 Å². The summed E-state index contributed by atoms with van der Waals surface area (Å²) in [7, 11) is 2.15. The highest BCUT2D eigenvalue weighted by Gasteiger charge is 2.16. The minimum atomic E-state index is -0.987. The van der Waals surface area contributed by atoms with Gasteiger partial charge < -0.3 is 21.1 Å². The number of carbonyl (C=O) groups is 1. The number of benzene rings is 1. The van der Waals surface area contributed by atoms with Crippen molar-refractivity contribution in [1.82, 2.24) is 4.90 Å². The van der Waals surface area contributed by atoms with Gasteiger partial charge in [-0.2, -0.15) is 0 Å². The second-order valence-electron chi connectivity index (χ2n) is 5.23. The van der Waals surface area contributed by atoms with E-state index in [2.05, 4.69) is 17.3 Å². The number of piperidine rings is 1. The lowest BCUT2D eigenvalue weighted by atomic mass is 9.97. The van der Waals surface area contributed by atoms with Crippen LogP contribution in [0.25, 0.3) is 0 Å². The predicted molar refractivity (Wildman–Crippen MR) is 76.5 cm³/mol. The number of rotatable bonds is 4. The summed E-state index contributed by atoms with van der Waals surface area (Å²) in [6, 6.07) is 5.02. The summed E-state index contributed by atoms with van der Waals surface area (Å²) >= 11 is 0. The van der Waals surface area contributed by atoms with Crippen LogP contribution in [0.5, 0.6) is 0 Å². The third kappa shape index (κ3) is 3.61. The van der Waals surface area contributed by atoms with Gasteiger partial charge in [0.2, 0.25) is 0 Å². The van der Waals surface area contributed by atoms with Gasteiger partial charge in [0.25, 0.3) is 0 Å². The van der Waals surface area contributed by atoms with Gasteiger partial charge in [0.15, 0.2) is 0 Å². The van der Waals surface area contributed by atoms with Crippen LogP contribution >= 0.6 is 0 Å². The van der Waals surface area contributed by atoms with E-state index in [4.69, 9.17) is 10.8 Å². The minimum absolute atomic E-state index is 0.157. The number of nitrogen functional groups attached to an aromatic ring is 1. The summed E-state index contributed by atoms with van der Waals surface area (Å²) in [4.78, 5) is 13.2. The molecule has 0 spiro atoms. The van der Waals surface area contributed by atoms with Crippen molar-refractivity contribution >= 4 is 17.3 Å². The first-order chi connectivity index (χ1) is 9.06. The van der Waals surface area contributed by atoms with Gasteiger partial charge in [-0.25, -0.2) is 4.79 Å². The van der Waals surface area contributed by atoms with Crippen molar-refractivity contribution in [1.29, 1.82) is 0 Å². The molecule has 1 fully saturated rings. The van der Waals surface area contributed by atoms with E-state index in [0.717, 1.165) is 25.3 Å². The number of carboxylic acids is 1. The molecule has 1 saturated heterocycles. The third-order valence-electron chi connectivity index (χ3n) is 3.71. The first-order valence-corrected chi connectivity index (χ1v) is 6.61. The van der Waals surface area contributed by atoms with Gasteiger partial charge in [0.05, 0.1) is 5.56 Å². The van der Waals surface area contributed by atoms with E-state index in [1.54, 1.807) is 18.2 Å². The Hall–Kier alpha value is -1.75. The van der Waals surface area contributed by atoms with Crippen LogP contribution in [0.4, 0.5) is 11.4 Å². The maximum absolute atomic E-state index is 10.9. The van der Waals surface area contributed by atoms with Crippen LogP contribution < -0.4 is 11.1 Å². The van der Waals surface area contributed by atoms with Gasteiger partial charge in [-0.1, -0.05) is 0 Å². The predicted octanol–water partition coefficient (Wildman–Crippen LogP) is 1.72. The summed E-state index contributed by atoms with van der Waals surface area (Å²) in [5.74, 6) is -0.309. The summed E-state index contributed by atoms with van der Waals surface area (Å²) in [6.45, 7) is 3.21. The number of hydrogen-bond donors (Lipinski definition) is 3. The van der Waals surface area contributed by atoms with Crippen LogP contribution in [-0.2, 0) is 0 Å². The van der Waals surface area contributed by atoms with E-state index in [-0.39, 0.29) is 5.56 Å². The zero-order chi connectivity index (χ0) is 13.8. The highest BCUT2D eigenvalue weighted by Crippen LogP contribution is 2.20. The summed E-state index contributed by atoms with van der Waals surface area (Å²) in [6.07, 6.45) is 2.40. The van der Waals surface area contributed by atoms with Gasteiger partial charge in [-0.05, 0) is 57.1 Å². The molecule has 0 atom stereocenters. The molecule has 0 bridgehead atoms. The first-order valence-electron chi connectivity index (χ1n) is 6.61. The van der Waals surface area contributed by atoms with Gasteiger partial charge in [-0.3, -0.25) is 0 Å². The number of nitrogens with zero attached hydrogens (tertiary/aromatic N) is 1. The van der Waals surface area contributed by atoms with E-state index in [9.17, 15) is 4.79 Å². The Labute approximate surface area is 113 Å². The molecule has 0 amide bonds. The fourth-order valence-electron chi connectivity index (χ4n) is 2.40. The van der Waals surface area contributed by atoms with Crippen molar-refractivity contribution in [3.8, 4) is 0 Å². The number of aromatic carboxylic acids is 1. The van der Waals surface area contributed by atoms with Crippen molar-refractivity contribution in [3.63, 3.8) is 0 Å². The Bertz CT molecular complexity index is 454. The van der Waals surface area contributed by atoms with Crippen molar-refractivity contribution in [2.45, 2.75) is 12.8 Å². The molecule has 1 aliphatic rings. The fraction of sp³-hybridized carbons (Fsp3) is 0.500. The standard InChI is InChI=1S/C14H21N3O2/c1-17-6-4-10(5-7-17)9-16-11-2-3-12(14(18)19)13(15)8-11/h2-3,8,10,16H,4-7,9,15H2,1H3,(H,18,19). The van der Waals surface area contributed by atoms with Crippen molar-refractivity contribution in [2.75, 3.05) is 37.7 Å². The Balaban J connectivity index is 1.89. The average Bonchev–Trinajstić information content (AvgIpc) is 2.37. The lowest BCUT2D eigenvalue weighted by Gasteiger charge is -2.29. The van der Waals surface area contributed by atoms with Gasteiger partial charge in [-0.15, -0.1) is 0 Å². The molecule has 1 heterocycles. The molecule has 104 valence electrons. The molecule has 0 unspecified atom stereocenters. The Kier molecular flexibility index (Phi) is 4.27. The molecular formula is C14H21N3O2. The minimum Gasteiger partial charge on any atom is -0.478 e. The van der Waals surface area contributed by atoms with Crippen LogP contribution in [0.1, 0.15) is 23.2 Å². The van der Waals surface area contributed by atoms with E-state index in [0.29, 0.717) is 11.6 Å². The first kappa shape index (κ1) is 13.7. The largest absolute Gasteiger partial charge is 0.478 e. The Morgan fingerprint density at radius 2 is 2.16 bits per heavy atom. The number of nitrogens with one attached hydrogen (secondary N) is 1. The summed E-state index contributed by atoms with van der Waals surface area (Å²) in [5.41, 5.74) is 7.08. The Morgan fingerprint density at radius 3 is 2.74 bits per heavy atom. The summed E-state index contributed by atoms with van der Waals surface area (Å²) < 4.78 is 0. The molecule has 4 N–H and O–H groups in total. The van der Waals surface area contributed by atoms with Crippen LogP contribution in [-0.4, -0.2) is 42.7 Å². The highest BCUT2D eigenvalue weighted by molar-refractivity contribution is 5.94. The molecule has 0 saturated carbocycles. The molecule has 19 heavy (non-hydrogen) atoms. The highest BCUT2D eigenvalue weighted by atomic mass is 16.4. The monoisotopic (exact) mass is 263 g/mol. The van der Waals surface area contributed by atoms with Gasteiger partial charge in [0.1, 0.15) is 0 Å². The molecule has 1 aromatic rings. The number of likely N-dealkylation sites (tertiary alicyclic amines) is 1. The third-order valence-corrected chi connectivity index (χ3v) is 3.71. The smallest absolute Gasteiger partial charge is 0.337 e. The summed E-state index contributed by atoms with van der Waals surface area (Å²) in [5, 5.41) is 12.3. The molecule has 2 rings (SSSR count). The van der Waals surface area contributed by atoms with Crippen LogP contribution in [0.15, 0.2) is 18.2 Å². The molecule has 1 aliphatic heterocycles. The Morgan fingerprint density at radius 1 is 1.47 bits per heavy atom. The SMILES string of the molecule is CN1CCC(CNc2ccc(C(=O)O)c(N)c2)CC1. The lowest BCUT2D eigenvalue weighted by molar-refractivity contribution is 0.0698. The molecule has 5 nitrogen and oxygen atoms in total. The average molecular weight is 263 g/mol. The zero-order valence-electron chi connectivity index (χ0n) is 11.2. The molecule has 0 aromatic heterocycles. The number of nitrogens with two attached hydrogens (primary N) is 1. The number of hydrogen-bond acceptors (Lipinski definition) is 4. The molecule has 5 heteroatoms. The zero-order valence-corrected chi connectivity index (χ0v) is 11.2. The van der Waals surface area contributed by atoms with Crippen molar-refractivity contribution in [3.05, 3.63) is 23.8 Å². The maximum atomic E-state index is 10.9. The van der Waals surface area contributed by atoms with Crippen molar-refractivity contribution < 1.29 is 9.90 Å². The fourth-order valence-corrected chi connectivity index (χ4v) is 2.40. The van der Waals surface area contributed by atoms with Crippen LogP contribution in [0.3, 0.4) is 0 Å². The van der Waals surface area contributed by atoms with Crippen LogP contribution in [0.2, 0.25) is 0 Å². The van der Waals surface area contributed by atoms with E-state index in [1.807, 2.05) is 0 Å². The lowest BCUT2D eigenvalue weighted by Crippen LogP contribution is -2.32. The number of anilines is 2. The molecule has 1 aromatic carbocycles. The van der Waals surface area contributed by atoms with Crippen molar-refractivity contribution in [2.24, 2.45) is 5.92 Å². The second kappa shape index (κ2) is 5.93. The second-order valence-corrected chi connectivity index (χ2v) is 5.23. The number of carboxylic acid groups (broad SMARTS) is 1. The van der Waals surface area contributed by atoms with Gasteiger partial charge >= 0.3 is 5.97 Å². The van der Waals surface area contributed by atoms with Gasteiger partial charge in [0, 0.05) is 17.9 Å². The van der Waals surface area contributed by atoms with E-state index >= 15 is 0 Å². The maximum Gasteiger partial charge on any atom is 0.337 e. The molecule has 0 radical (unpaired) electrons. The quantitative estimate of drug-likeness (QED) is 0.721. The molecular weight excluding hydrogens is 242 g/mol. The molecule has 0 aliphatic carbocycles. The topological polar surface area (TPSA) is 78.6 Å². The normalized spacial score (nSPS) is 17.3.